The summed E-state index contributed by atoms with van der Waals surface area (Å²) in [6.45, 7) is 6.70. The topological polar surface area (TPSA) is 60.0 Å². The molecule has 0 saturated carbocycles. The SMILES string of the molecule is CC.CCCn1cc(-n2c(Cl)c(Sc3cccc(CC(=O)O)c3F)c3ccc(Cl)c(F)c32)cn1. The molecule has 1 N–H and O–H groups in total. The van der Waals surface area contributed by atoms with Gasteiger partial charge in [0.1, 0.15) is 11.0 Å². The Labute approximate surface area is 210 Å². The van der Waals surface area contributed by atoms with Gasteiger partial charge in [-0.1, -0.05) is 67.9 Å². The van der Waals surface area contributed by atoms with Crippen LogP contribution in [0, 0.1) is 11.6 Å². The van der Waals surface area contributed by atoms with Crippen LogP contribution >= 0.6 is 35.0 Å². The highest BCUT2D eigenvalue weighted by Gasteiger charge is 2.24. The van der Waals surface area contributed by atoms with E-state index < -0.39 is 24.0 Å². The molecule has 34 heavy (non-hydrogen) atoms. The average Bonchev–Trinajstić information content (AvgIpc) is 3.37. The second-order valence-electron chi connectivity index (χ2n) is 7.08. The average molecular weight is 526 g/mol. The zero-order valence-corrected chi connectivity index (χ0v) is 21.1. The van der Waals surface area contributed by atoms with Crippen molar-refractivity contribution in [3.8, 4) is 5.69 Å². The molecule has 0 unspecified atom stereocenters. The summed E-state index contributed by atoms with van der Waals surface area (Å²) in [6.07, 6.45) is 3.74. The van der Waals surface area contributed by atoms with E-state index in [-0.39, 0.29) is 26.2 Å². The zero-order chi connectivity index (χ0) is 25.0. The van der Waals surface area contributed by atoms with Crippen molar-refractivity contribution >= 4 is 51.8 Å². The molecule has 10 heteroatoms. The van der Waals surface area contributed by atoms with E-state index in [1.54, 1.807) is 29.2 Å². The number of rotatable bonds is 7. The number of hydrogen-bond acceptors (Lipinski definition) is 3. The molecule has 180 valence electrons. The second kappa shape index (κ2) is 11.3. The number of nitrogens with zero attached hydrogens (tertiary/aromatic N) is 3. The number of carboxylic acid groups (broad SMARTS) is 1. The van der Waals surface area contributed by atoms with E-state index in [1.165, 1.54) is 22.8 Å². The fourth-order valence-electron chi connectivity index (χ4n) is 3.46. The van der Waals surface area contributed by atoms with E-state index in [0.29, 0.717) is 22.5 Å². The third kappa shape index (κ3) is 5.09. The molecule has 0 aliphatic heterocycles. The van der Waals surface area contributed by atoms with Gasteiger partial charge in [0.25, 0.3) is 0 Å². The Bertz CT molecular complexity index is 1340. The number of benzene rings is 2. The predicted octanol–water partition coefficient (Wildman–Crippen LogP) is 7.63. The van der Waals surface area contributed by atoms with Crippen molar-refractivity contribution in [1.82, 2.24) is 14.3 Å². The predicted molar refractivity (Wildman–Crippen MR) is 133 cm³/mol. The highest BCUT2D eigenvalue weighted by molar-refractivity contribution is 7.99. The van der Waals surface area contributed by atoms with Crippen LogP contribution in [0.1, 0.15) is 32.8 Å². The maximum absolute atomic E-state index is 15.1. The Morgan fingerprint density at radius 3 is 2.56 bits per heavy atom. The Morgan fingerprint density at radius 1 is 1.15 bits per heavy atom. The van der Waals surface area contributed by atoms with Crippen LogP contribution in [0.25, 0.3) is 16.6 Å². The molecule has 0 bridgehead atoms. The van der Waals surface area contributed by atoms with Gasteiger partial charge in [-0.15, -0.1) is 0 Å². The van der Waals surface area contributed by atoms with E-state index in [9.17, 15) is 9.18 Å². The van der Waals surface area contributed by atoms with E-state index >= 15 is 4.39 Å². The minimum absolute atomic E-state index is 0.0532. The maximum atomic E-state index is 15.1. The molecule has 0 aliphatic carbocycles. The van der Waals surface area contributed by atoms with E-state index in [0.717, 1.165) is 18.2 Å². The fraction of sp³-hybridized carbons (Fsp3) is 0.250. The number of aromatic nitrogens is 3. The van der Waals surface area contributed by atoms with Gasteiger partial charge >= 0.3 is 5.97 Å². The number of fused-ring (bicyclic) bond motifs is 1. The Morgan fingerprint density at radius 2 is 1.88 bits per heavy atom. The summed E-state index contributed by atoms with van der Waals surface area (Å²) >= 11 is 13.7. The summed E-state index contributed by atoms with van der Waals surface area (Å²) in [6, 6.07) is 7.56. The van der Waals surface area contributed by atoms with Crippen LogP contribution < -0.4 is 0 Å². The Hall–Kier alpha value is -2.55. The monoisotopic (exact) mass is 525 g/mol. The minimum Gasteiger partial charge on any atom is -0.481 e. The lowest BCUT2D eigenvalue weighted by Crippen LogP contribution is -2.03. The highest BCUT2D eigenvalue weighted by atomic mass is 35.5. The second-order valence-corrected chi connectivity index (χ2v) is 8.89. The molecule has 0 radical (unpaired) electrons. The number of carboxylic acids is 1. The number of aryl methyl sites for hydroxylation is 1. The molecule has 0 spiro atoms. The van der Waals surface area contributed by atoms with Gasteiger partial charge in [0.15, 0.2) is 5.82 Å². The molecule has 2 aromatic heterocycles. The molecule has 2 heterocycles. The highest BCUT2D eigenvalue weighted by Crippen LogP contribution is 2.45. The molecule has 0 amide bonds. The van der Waals surface area contributed by atoms with Gasteiger partial charge < -0.3 is 5.11 Å². The van der Waals surface area contributed by atoms with Crippen LogP contribution in [-0.2, 0) is 17.8 Å². The first-order chi connectivity index (χ1) is 16.3. The van der Waals surface area contributed by atoms with Gasteiger partial charge in [0.2, 0.25) is 0 Å². The number of halogens is 4. The van der Waals surface area contributed by atoms with Crippen molar-refractivity contribution in [3.63, 3.8) is 0 Å². The van der Waals surface area contributed by atoms with Crippen molar-refractivity contribution in [3.05, 3.63) is 70.1 Å². The largest absolute Gasteiger partial charge is 0.481 e. The van der Waals surface area contributed by atoms with Crippen molar-refractivity contribution in [2.24, 2.45) is 0 Å². The lowest BCUT2D eigenvalue weighted by Gasteiger charge is -2.07. The molecule has 0 atom stereocenters. The van der Waals surface area contributed by atoms with Crippen LogP contribution in [0.15, 0.2) is 52.5 Å². The summed E-state index contributed by atoms with van der Waals surface area (Å²) in [5.74, 6) is -2.44. The zero-order valence-electron chi connectivity index (χ0n) is 18.8. The molecular formula is C24H23Cl2F2N3O2S. The smallest absolute Gasteiger partial charge is 0.307 e. The number of carbonyl (C=O) groups is 1. The van der Waals surface area contributed by atoms with Gasteiger partial charge in [-0.25, -0.2) is 8.78 Å². The summed E-state index contributed by atoms with van der Waals surface area (Å²) in [5.41, 5.74) is 0.752. The van der Waals surface area contributed by atoms with Crippen molar-refractivity contribution < 1.29 is 18.7 Å². The van der Waals surface area contributed by atoms with Crippen LogP contribution in [0.5, 0.6) is 0 Å². The molecule has 0 aliphatic rings. The maximum Gasteiger partial charge on any atom is 0.307 e. The standard InChI is InChI=1S/C22H17Cl2F2N3O2S.C2H6/c1-2-8-28-11-13(10-27-28)29-20-14(6-7-15(23)19(20)26)21(22(29)24)32-16-5-3-4-12(18(16)25)9-17(30)31;1-2/h3-7,10-11H,2,8-9H2,1H3,(H,30,31);1-2H3. The number of aliphatic carboxylic acids is 1. The van der Waals surface area contributed by atoms with Gasteiger partial charge in [0, 0.05) is 28.6 Å². The first kappa shape index (κ1) is 26.1. The molecular weight excluding hydrogens is 503 g/mol. The van der Waals surface area contributed by atoms with E-state index in [4.69, 9.17) is 28.3 Å². The quantitative estimate of drug-likeness (QED) is 0.269. The molecule has 0 fully saturated rings. The molecule has 0 saturated heterocycles. The lowest BCUT2D eigenvalue weighted by atomic mass is 10.1. The fourth-order valence-corrected chi connectivity index (χ4v) is 5.05. The van der Waals surface area contributed by atoms with Gasteiger partial charge in [-0.3, -0.25) is 14.0 Å². The minimum atomic E-state index is -1.14. The van der Waals surface area contributed by atoms with E-state index in [2.05, 4.69) is 5.10 Å². The van der Waals surface area contributed by atoms with Crippen LogP contribution in [0.4, 0.5) is 8.78 Å². The molecule has 4 aromatic rings. The molecule has 4 rings (SSSR count). The normalized spacial score (nSPS) is 10.9. The van der Waals surface area contributed by atoms with Crippen molar-refractivity contribution in [2.75, 3.05) is 0 Å². The summed E-state index contributed by atoms with van der Waals surface area (Å²) in [5, 5.41) is 13.9. The molecule has 2 aromatic carbocycles. The lowest BCUT2D eigenvalue weighted by molar-refractivity contribution is -0.136. The first-order valence-electron chi connectivity index (χ1n) is 10.7. The molecule has 5 nitrogen and oxygen atoms in total. The van der Waals surface area contributed by atoms with Gasteiger partial charge in [0.05, 0.1) is 33.7 Å². The van der Waals surface area contributed by atoms with Crippen molar-refractivity contribution in [1.29, 1.82) is 0 Å². The van der Waals surface area contributed by atoms with Crippen LogP contribution in [0.2, 0.25) is 10.2 Å². The van der Waals surface area contributed by atoms with Crippen LogP contribution in [-0.4, -0.2) is 25.4 Å². The first-order valence-corrected chi connectivity index (χ1v) is 12.3. The number of hydrogen-bond donors (Lipinski definition) is 1. The van der Waals surface area contributed by atoms with Crippen LogP contribution in [0.3, 0.4) is 0 Å². The summed E-state index contributed by atoms with van der Waals surface area (Å²) in [4.78, 5) is 11.6. The Balaban J connectivity index is 0.00000158. The third-order valence-electron chi connectivity index (χ3n) is 4.85. The van der Waals surface area contributed by atoms with Crippen molar-refractivity contribution in [2.45, 2.75) is 49.9 Å². The summed E-state index contributed by atoms with van der Waals surface area (Å²) < 4.78 is 33.3. The van der Waals surface area contributed by atoms with Gasteiger partial charge in [-0.2, -0.15) is 5.10 Å². The third-order valence-corrected chi connectivity index (χ3v) is 6.76. The summed E-state index contributed by atoms with van der Waals surface area (Å²) in [7, 11) is 0. The van der Waals surface area contributed by atoms with Gasteiger partial charge in [-0.05, 0) is 24.6 Å². The Kier molecular flexibility index (Phi) is 8.62. The van der Waals surface area contributed by atoms with E-state index in [1.807, 2.05) is 20.8 Å².